The Morgan fingerprint density at radius 2 is 1.37 bits per heavy atom. The molecule has 0 aromatic rings. The zero-order valence-corrected chi connectivity index (χ0v) is 17.0. The fourth-order valence-corrected chi connectivity index (χ4v) is 3.97. The first-order valence-corrected chi connectivity index (χ1v) is 11.1. The van der Waals surface area contributed by atoms with E-state index in [-0.39, 0.29) is 6.04 Å². The largest absolute Gasteiger partial charge is 0.379 e. The summed E-state index contributed by atoms with van der Waals surface area (Å²) < 4.78 is 5.33. The van der Waals surface area contributed by atoms with Gasteiger partial charge in [-0.05, 0) is 25.8 Å². The molecule has 27 heavy (non-hydrogen) atoms. The highest BCUT2D eigenvalue weighted by Gasteiger charge is 2.18. The molecule has 0 aromatic heterocycles. The molecule has 2 fully saturated rings. The summed E-state index contributed by atoms with van der Waals surface area (Å²) in [5, 5.41) is 5.75. The lowest BCUT2D eigenvalue weighted by molar-refractivity contribution is -0.139. The zero-order chi connectivity index (χ0) is 19.2. The van der Waals surface area contributed by atoms with Crippen LogP contribution in [-0.4, -0.2) is 62.1 Å². The summed E-state index contributed by atoms with van der Waals surface area (Å²) in [5.74, 6) is -0.943. The number of amides is 2. The van der Waals surface area contributed by atoms with Crippen LogP contribution < -0.4 is 10.6 Å². The summed E-state index contributed by atoms with van der Waals surface area (Å²) in [6, 6.07) is 0.149. The number of nitrogens with one attached hydrogen (secondary N) is 2. The quantitative estimate of drug-likeness (QED) is 0.567. The molecular formula is C21H39N3O3. The highest BCUT2D eigenvalue weighted by molar-refractivity contribution is 6.35. The predicted octanol–water partition coefficient (Wildman–Crippen LogP) is 2.61. The number of hydrogen-bond donors (Lipinski definition) is 2. The number of ether oxygens (including phenoxy) is 1. The topological polar surface area (TPSA) is 70.7 Å². The molecule has 1 saturated heterocycles. The van der Waals surface area contributed by atoms with Crippen molar-refractivity contribution in [2.75, 3.05) is 39.4 Å². The van der Waals surface area contributed by atoms with Crippen molar-refractivity contribution in [2.24, 2.45) is 0 Å². The maximum atomic E-state index is 12.2. The lowest BCUT2D eigenvalue weighted by Gasteiger charge is -2.26. The molecule has 0 unspecified atom stereocenters. The van der Waals surface area contributed by atoms with Crippen LogP contribution in [0.2, 0.25) is 0 Å². The SMILES string of the molecule is O=C(NCCCN1CCOCC1)C(=O)NC1CCCCCCCCCCC1. The normalized spacial score (nSPS) is 21.6. The van der Waals surface area contributed by atoms with Crippen LogP contribution >= 0.6 is 0 Å². The maximum Gasteiger partial charge on any atom is 0.309 e. The Hall–Kier alpha value is -1.14. The van der Waals surface area contributed by atoms with Crippen LogP contribution in [0.25, 0.3) is 0 Å². The van der Waals surface area contributed by atoms with Gasteiger partial charge in [-0.3, -0.25) is 14.5 Å². The highest BCUT2D eigenvalue weighted by Crippen LogP contribution is 2.16. The van der Waals surface area contributed by atoms with E-state index < -0.39 is 11.8 Å². The van der Waals surface area contributed by atoms with Gasteiger partial charge in [-0.25, -0.2) is 0 Å². The van der Waals surface area contributed by atoms with Crippen LogP contribution in [0.15, 0.2) is 0 Å². The second-order valence-electron chi connectivity index (χ2n) is 7.99. The summed E-state index contributed by atoms with van der Waals surface area (Å²) >= 11 is 0. The minimum Gasteiger partial charge on any atom is -0.379 e. The van der Waals surface area contributed by atoms with Gasteiger partial charge in [0.05, 0.1) is 13.2 Å². The molecule has 2 amide bonds. The number of carbonyl (C=O) groups excluding carboxylic acids is 2. The number of rotatable bonds is 5. The van der Waals surface area contributed by atoms with Crippen LogP contribution in [0.1, 0.15) is 77.0 Å². The first kappa shape index (κ1) is 22.2. The lowest BCUT2D eigenvalue weighted by Crippen LogP contribution is -2.45. The molecule has 0 radical (unpaired) electrons. The first-order chi connectivity index (χ1) is 13.3. The smallest absolute Gasteiger partial charge is 0.309 e. The number of hydrogen-bond acceptors (Lipinski definition) is 4. The van der Waals surface area contributed by atoms with E-state index in [2.05, 4.69) is 15.5 Å². The van der Waals surface area contributed by atoms with E-state index in [4.69, 9.17) is 4.74 Å². The van der Waals surface area contributed by atoms with E-state index in [9.17, 15) is 9.59 Å². The van der Waals surface area contributed by atoms with Crippen molar-refractivity contribution >= 4 is 11.8 Å². The van der Waals surface area contributed by atoms with E-state index in [1.165, 1.54) is 44.9 Å². The molecule has 1 heterocycles. The average Bonchev–Trinajstić information content (AvgIpc) is 2.68. The van der Waals surface area contributed by atoms with Gasteiger partial charge in [0.1, 0.15) is 0 Å². The Morgan fingerprint density at radius 3 is 1.96 bits per heavy atom. The van der Waals surface area contributed by atoms with Crippen LogP contribution in [0.5, 0.6) is 0 Å². The van der Waals surface area contributed by atoms with Gasteiger partial charge in [-0.1, -0.05) is 57.8 Å². The molecule has 6 heteroatoms. The molecule has 6 nitrogen and oxygen atoms in total. The van der Waals surface area contributed by atoms with Gasteiger partial charge in [0.2, 0.25) is 0 Å². The Kier molecular flexibility index (Phi) is 11.4. The minimum absolute atomic E-state index is 0.149. The fourth-order valence-electron chi connectivity index (χ4n) is 3.97. The molecule has 1 saturated carbocycles. The third kappa shape index (κ3) is 10.1. The van der Waals surface area contributed by atoms with Crippen LogP contribution in [0.3, 0.4) is 0 Å². The van der Waals surface area contributed by atoms with E-state index in [0.717, 1.165) is 65.0 Å². The van der Waals surface area contributed by atoms with Crippen LogP contribution in [0.4, 0.5) is 0 Å². The van der Waals surface area contributed by atoms with E-state index in [1.807, 2.05) is 0 Å². The number of morpholine rings is 1. The first-order valence-electron chi connectivity index (χ1n) is 11.1. The molecule has 0 aromatic carbocycles. The second-order valence-corrected chi connectivity index (χ2v) is 7.99. The minimum atomic E-state index is -0.483. The number of nitrogens with zero attached hydrogens (tertiary/aromatic N) is 1. The summed E-state index contributed by atoms with van der Waals surface area (Å²) in [6.07, 6.45) is 14.3. The Morgan fingerprint density at radius 1 is 0.815 bits per heavy atom. The molecule has 0 bridgehead atoms. The Bertz CT molecular complexity index is 413. The van der Waals surface area contributed by atoms with Crippen molar-refractivity contribution in [2.45, 2.75) is 83.1 Å². The standard InChI is InChI=1S/C21H39N3O3/c25-20(22-13-10-14-24-15-17-27-18-16-24)21(26)23-19-11-8-6-4-2-1-3-5-7-9-12-19/h19H,1-18H2,(H,22,25)(H,23,26). The fraction of sp³-hybridized carbons (Fsp3) is 0.905. The van der Waals surface area contributed by atoms with Crippen LogP contribution in [-0.2, 0) is 14.3 Å². The molecule has 156 valence electrons. The summed E-state index contributed by atoms with van der Waals surface area (Å²) in [4.78, 5) is 26.7. The van der Waals surface area contributed by atoms with Gasteiger partial charge in [0, 0.05) is 25.7 Å². The van der Waals surface area contributed by atoms with Gasteiger partial charge >= 0.3 is 11.8 Å². The third-order valence-corrected chi connectivity index (χ3v) is 5.69. The van der Waals surface area contributed by atoms with Crippen molar-refractivity contribution in [1.29, 1.82) is 0 Å². The van der Waals surface area contributed by atoms with Gasteiger partial charge < -0.3 is 15.4 Å². The van der Waals surface area contributed by atoms with Gasteiger partial charge in [-0.2, -0.15) is 0 Å². The Balaban J connectivity index is 1.62. The summed E-state index contributed by atoms with van der Waals surface area (Å²) in [5.41, 5.74) is 0. The van der Waals surface area contributed by atoms with Crippen molar-refractivity contribution in [3.05, 3.63) is 0 Å². The molecule has 1 aliphatic heterocycles. The molecule has 0 spiro atoms. The van der Waals surface area contributed by atoms with E-state index in [0.29, 0.717) is 6.54 Å². The molecular weight excluding hydrogens is 342 g/mol. The summed E-state index contributed by atoms with van der Waals surface area (Å²) in [7, 11) is 0. The molecule has 2 aliphatic rings. The van der Waals surface area contributed by atoms with Crippen molar-refractivity contribution in [1.82, 2.24) is 15.5 Å². The van der Waals surface area contributed by atoms with E-state index >= 15 is 0 Å². The monoisotopic (exact) mass is 381 g/mol. The summed E-state index contributed by atoms with van der Waals surface area (Å²) in [6.45, 7) is 4.97. The van der Waals surface area contributed by atoms with Gasteiger partial charge in [-0.15, -0.1) is 0 Å². The van der Waals surface area contributed by atoms with Crippen molar-refractivity contribution in [3.63, 3.8) is 0 Å². The van der Waals surface area contributed by atoms with Gasteiger partial charge in [0.15, 0.2) is 0 Å². The molecule has 1 aliphatic carbocycles. The number of carbonyl (C=O) groups is 2. The maximum absolute atomic E-state index is 12.2. The van der Waals surface area contributed by atoms with E-state index in [1.54, 1.807) is 0 Å². The lowest BCUT2D eigenvalue weighted by atomic mass is 9.98. The molecule has 2 N–H and O–H groups in total. The van der Waals surface area contributed by atoms with Crippen molar-refractivity contribution in [3.8, 4) is 0 Å². The Labute approximate surface area is 164 Å². The zero-order valence-electron chi connectivity index (χ0n) is 17.0. The predicted molar refractivity (Wildman–Crippen MR) is 108 cm³/mol. The van der Waals surface area contributed by atoms with Crippen molar-refractivity contribution < 1.29 is 14.3 Å². The second kappa shape index (κ2) is 13.9. The molecule has 2 rings (SSSR count). The van der Waals surface area contributed by atoms with Crippen LogP contribution in [0, 0.1) is 0 Å². The molecule has 0 atom stereocenters. The van der Waals surface area contributed by atoms with Gasteiger partial charge in [0.25, 0.3) is 0 Å². The highest BCUT2D eigenvalue weighted by atomic mass is 16.5. The average molecular weight is 382 g/mol. The third-order valence-electron chi connectivity index (χ3n) is 5.69.